The summed E-state index contributed by atoms with van der Waals surface area (Å²) in [6, 6.07) is 5.43. The Labute approximate surface area is 192 Å². The van der Waals surface area contributed by atoms with Gasteiger partial charge in [0.1, 0.15) is 18.1 Å². The van der Waals surface area contributed by atoms with E-state index in [0.29, 0.717) is 6.42 Å². The van der Waals surface area contributed by atoms with E-state index in [1.165, 1.54) is 0 Å². The zero-order chi connectivity index (χ0) is 25.0. The highest BCUT2D eigenvalue weighted by Crippen LogP contribution is 2.10. The van der Waals surface area contributed by atoms with Crippen LogP contribution in [0.1, 0.15) is 38.7 Å². The van der Waals surface area contributed by atoms with Crippen molar-refractivity contribution in [3.05, 3.63) is 35.9 Å². The van der Waals surface area contributed by atoms with Crippen LogP contribution in [0.4, 0.5) is 0 Å². The lowest BCUT2D eigenvalue weighted by Crippen LogP contribution is -2.57. The molecule has 11 heteroatoms. The summed E-state index contributed by atoms with van der Waals surface area (Å²) < 4.78 is 0. The first-order chi connectivity index (χ1) is 15.6. The van der Waals surface area contributed by atoms with Crippen molar-refractivity contribution in [1.29, 1.82) is 0 Å². The van der Waals surface area contributed by atoms with Crippen molar-refractivity contribution in [3.63, 3.8) is 0 Å². The Morgan fingerprint density at radius 2 is 1.58 bits per heavy atom. The standard InChI is InChI=1S/C22H33N5O6/c1-3-13(2)19(22(32)33)27-21(31)16(11-14-7-5-4-6-8-14)26-20(30)15(9-10-17(24)28)25-18(29)12-23/h4-8,13,15-16,19H,3,9-12,23H2,1-2H3,(H2,24,28)(H,25,29)(H,26,30)(H,27,31)(H,32,33). The van der Waals surface area contributed by atoms with Crippen LogP contribution in [0.3, 0.4) is 0 Å². The third kappa shape index (κ3) is 9.69. The van der Waals surface area contributed by atoms with Gasteiger partial charge in [-0.3, -0.25) is 19.2 Å². The molecule has 8 N–H and O–H groups in total. The molecule has 0 aliphatic rings. The zero-order valence-corrected chi connectivity index (χ0v) is 18.9. The predicted molar refractivity (Wildman–Crippen MR) is 121 cm³/mol. The molecular formula is C22H33N5O6. The van der Waals surface area contributed by atoms with Crippen LogP contribution in [0.5, 0.6) is 0 Å². The first-order valence-corrected chi connectivity index (χ1v) is 10.7. The summed E-state index contributed by atoms with van der Waals surface area (Å²) in [5.41, 5.74) is 11.2. The highest BCUT2D eigenvalue weighted by molar-refractivity contribution is 5.94. The van der Waals surface area contributed by atoms with Gasteiger partial charge in [-0.2, -0.15) is 0 Å². The van der Waals surface area contributed by atoms with E-state index in [0.717, 1.165) is 5.56 Å². The molecule has 0 aromatic heterocycles. The fraction of sp³-hybridized carbons (Fsp3) is 0.500. The zero-order valence-electron chi connectivity index (χ0n) is 18.9. The summed E-state index contributed by atoms with van der Waals surface area (Å²) in [7, 11) is 0. The third-order valence-electron chi connectivity index (χ3n) is 5.21. The normalized spacial score (nSPS) is 14.3. The van der Waals surface area contributed by atoms with E-state index in [9.17, 15) is 29.1 Å². The third-order valence-corrected chi connectivity index (χ3v) is 5.21. The van der Waals surface area contributed by atoms with Gasteiger partial charge >= 0.3 is 5.97 Å². The summed E-state index contributed by atoms with van der Waals surface area (Å²) in [6.45, 7) is 3.13. The van der Waals surface area contributed by atoms with E-state index in [4.69, 9.17) is 11.5 Å². The highest BCUT2D eigenvalue weighted by Gasteiger charge is 2.31. The first kappa shape index (κ1) is 27.6. The van der Waals surface area contributed by atoms with Crippen molar-refractivity contribution >= 4 is 29.6 Å². The number of carboxylic acids is 1. The average molecular weight is 464 g/mol. The second-order valence-electron chi connectivity index (χ2n) is 7.79. The minimum Gasteiger partial charge on any atom is -0.480 e. The Balaban J connectivity index is 3.11. The van der Waals surface area contributed by atoms with Crippen molar-refractivity contribution in [1.82, 2.24) is 16.0 Å². The lowest BCUT2D eigenvalue weighted by atomic mass is 9.98. The topological polar surface area (TPSA) is 194 Å². The van der Waals surface area contributed by atoms with Crippen LogP contribution in [-0.4, -0.2) is 59.4 Å². The van der Waals surface area contributed by atoms with Gasteiger partial charge in [-0.05, 0) is 17.9 Å². The Morgan fingerprint density at radius 1 is 0.970 bits per heavy atom. The van der Waals surface area contributed by atoms with E-state index in [2.05, 4.69) is 16.0 Å². The van der Waals surface area contributed by atoms with Gasteiger partial charge < -0.3 is 32.5 Å². The molecule has 0 aliphatic heterocycles. The molecular weight excluding hydrogens is 430 g/mol. The van der Waals surface area contributed by atoms with Gasteiger partial charge in [-0.15, -0.1) is 0 Å². The van der Waals surface area contributed by atoms with E-state index in [1.54, 1.807) is 44.2 Å². The monoisotopic (exact) mass is 463 g/mol. The smallest absolute Gasteiger partial charge is 0.326 e. The lowest BCUT2D eigenvalue weighted by molar-refractivity contribution is -0.143. The number of hydrogen-bond donors (Lipinski definition) is 6. The SMILES string of the molecule is CCC(C)C(NC(=O)C(Cc1ccccc1)NC(=O)C(CCC(N)=O)NC(=O)CN)C(=O)O. The van der Waals surface area contributed by atoms with Crippen LogP contribution in [0, 0.1) is 5.92 Å². The van der Waals surface area contributed by atoms with Gasteiger partial charge in [-0.25, -0.2) is 4.79 Å². The molecule has 0 fully saturated rings. The van der Waals surface area contributed by atoms with Crippen LogP contribution in [0.25, 0.3) is 0 Å². The number of rotatable bonds is 14. The van der Waals surface area contributed by atoms with Gasteiger partial charge in [0.2, 0.25) is 23.6 Å². The molecule has 4 unspecified atom stereocenters. The maximum Gasteiger partial charge on any atom is 0.326 e. The van der Waals surface area contributed by atoms with E-state index < -0.39 is 47.7 Å². The number of benzene rings is 1. The molecule has 0 aliphatic carbocycles. The number of carboxylic acid groups (broad SMARTS) is 1. The van der Waals surface area contributed by atoms with Crippen molar-refractivity contribution in [2.75, 3.05) is 6.54 Å². The van der Waals surface area contributed by atoms with Crippen molar-refractivity contribution in [2.45, 2.75) is 57.7 Å². The Kier molecular flexibility index (Phi) is 11.6. The average Bonchev–Trinajstić information content (AvgIpc) is 2.78. The summed E-state index contributed by atoms with van der Waals surface area (Å²) in [5.74, 6) is -4.20. The quantitative estimate of drug-likeness (QED) is 0.204. The Morgan fingerprint density at radius 3 is 2.09 bits per heavy atom. The number of nitrogens with two attached hydrogens (primary N) is 2. The number of aliphatic carboxylic acids is 1. The van der Waals surface area contributed by atoms with Crippen molar-refractivity contribution < 1.29 is 29.1 Å². The molecule has 0 radical (unpaired) electrons. The minimum atomic E-state index is -1.18. The summed E-state index contributed by atoms with van der Waals surface area (Å²) >= 11 is 0. The maximum absolute atomic E-state index is 13.0. The van der Waals surface area contributed by atoms with E-state index in [-0.39, 0.29) is 31.7 Å². The summed E-state index contributed by atoms with van der Waals surface area (Å²) in [5, 5.41) is 17.0. The molecule has 182 valence electrons. The number of carbonyl (C=O) groups is 5. The molecule has 1 rings (SSSR count). The van der Waals surface area contributed by atoms with Gasteiger partial charge in [0.05, 0.1) is 6.54 Å². The molecule has 0 saturated heterocycles. The molecule has 0 bridgehead atoms. The fourth-order valence-electron chi connectivity index (χ4n) is 3.08. The molecule has 11 nitrogen and oxygen atoms in total. The van der Waals surface area contributed by atoms with Crippen LogP contribution < -0.4 is 27.4 Å². The van der Waals surface area contributed by atoms with Gasteiger partial charge in [-0.1, -0.05) is 50.6 Å². The first-order valence-electron chi connectivity index (χ1n) is 10.7. The Hall–Kier alpha value is -3.47. The maximum atomic E-state index is 13.0. The van der Waals surface area contributed by atoms with Gasteiger partial charge in [0.25, 0.3) is 0 Å². The molecule has 1 aromatic rings. The summed E-state index contributed by atoms with van der Waals surface area (Å²) in [4.78, 5) is 60.5. The minimum absolute atomic E-state index is 0.0820. The lowest BCUT2D eigenvalue weighted by Gasteiger charge is -2.26. The van der Waals surface area contributed by atoms with Crippen LogP contribution >= 0.6 is 0 Å². The number of primary amides is 1. The second kappa shape index (κ2) is 13.8. The molecule has 0 spiro atoms. The molecule has 1 aromatic carbocycles. The Bertz CT molecular complexity index is 832. The van der Waals surface area contributed by atoms with Crippen molar-refractivity contribution in [3.8, 4) is 0 Å². The fourth-order valence-corrected chi connectivity index (χ4v) is 3.08. The summed E-state index contributed by atoms with van der Waals surface area (Å²) in [6.07, 6.45) is 0.344. The predicted octanol–water partition coefficient (Wildman–Crippen LogP) is -0.962. The largest absolute Gasteiger partial charge is 0.480 e. The number of nitrogens with one attached hydrogen (secondary N) is 3. The van der Waals surface area contributed by atoms with Crippen molar-refractivity contribution in [2.24, 2.45) is 17.4 Å². The number of amides is 4. The van der Waals surface area contributed by atoms with Gasteiger partial charge in [0, 0.05) is 12.8 Å². The molecule has 0 saturated carbocycles. The van der Waals surface area contributed by atoms with E-state index in [1.807, 2.05) is 0 Å². The van der Waals surface area contributed by atoms with Crippen LogP contribution in [0.2, 0.25) is 0 Å². The van der Waals surface area contributed by atoms with Crippen LogP contribution in [-0.2, 0) is 30.4 Å². The molecule has 33 heavy (non-hydrogen) atoms. The van der Waals surface area contributed by atoms with E-state index >= 15 is 0 Å². The van der Waals surface area contributed by atoms with Crippen LogP contribution in [0.15, 0.2) is 30.3 Å². The highest BCUT2D eigenvalue weighted by atomic mass is 16.4. The molecule has 4 amide bonds. The van der Waals surface area contributed by atoms with Gasteiger partial charge in [0.15, 0.2) is 0 Å². The second-order valence-corrected chi connectivity index (χ2v) is 7.79. The molecule has 0 heterocycles. The molecule has 4 atom stereocenters. The number of hydrogen-bond acceptors (Lipinski definition) is 6. The number of carbonyl (C=O) groups excluding carboxylic acids is 4.